The Hall–Kier alpha value is 0.210. The molecule has 0 bridgehead atoms. The molecule has 0 rings (SSSR count). The highest BCUT2D eigenvalue weighted by Crippen LogP contribution is 2.26. The van der Waals surface area contributed by atoms with Crippen LogP contribution in [0, 0.1) is 5.92 Å². The van der Waals surface area contributed by atoms with Crippen LogP contribution in [-0.4, -0.2) is 16.7 Å². The molecule has 160 valence electrons. The molecular formula is C23H50ClNO. The summed E-state index contributed by atoms with van der Waals surface area (Å²) in [5.74, 6) is 0.435. The molecule has 0 aromatic heterocycles. The molecule has 3 heteroatoms. The zero-order valence-electron chi connectivity index (χ0n) is 18.4. The molecule has 0 aliphatic rings. The highest BCUT2D eigenvalue weighted by molar-refractivity contribution is 5.85. The topological polar surface area (TPSA) is 46.2 Å². The van der Waals surface area contributed by atoms with Crippen LogP contribution in [-0.2, 0) is 0 Å². The number of nitrogens with two attached hydrogens (primary N) is 1. The van der Waals surface area contributed by atoms with Gasteiger partial charge in [0.25, 0.3) is 0 Å². The highest BCUT2D eigenvalue weighted by Gasteiger charge is 2.25. The summed E-state index contributed by atoms with van der Waals surface area (Å²) in [4.78, 5) is 0. The molecule has 2 nitrogen and oxygen atoms in total. The van der Waals surface area contributed by atoms with Crippen molar-refractivity contribution in [3.05, 3.63) is 0 Å². The fraction of sp³-hybridized carbons (Fsp3) is 1.00. The standard InChI is InChI=1S/C23H49NO.ClH/c1-5-6-7-8-9-10-11-12-13-14-15-16-17-18-19-22(20-21(2)25)23(3,4)24;/h21-22,25H,5-20,24H2,1-4H3;1H. The van der Waals surface area contributed by atoms with Gasteiger partial charge in [0, 0.05) is 5.54 Å². The van der Waals surface area contributed by atoms with Crippen LogP contribution in [0.2, 0.25) is 0 Å². The van der Waals surface area contributed by atoms with Crippen molar-refractivity contribution >= 4 is 12.4 Å². The van der Waals surface area contributed by atoms with Crippen molar-refractivity contribution in [2.24, 2.45) is 11.7 Å². The molecule has 0 aliphatic heterocycles. The minimum atomic E-state index is -0.237. The average Bonchev–Trinajstić information content (AvgIpc) is 2.52. The Morgan fingerprint density at radius 3 is 1.38 bits per heavy atom. The van der Waals surface area contributed by atoms with Crippen molar-refractivity contribution in [3.8, 4) is 0 Å². The van der Waals surface area contributed by atoms with E-state index < -0.39 is 0 Å². The fourth-order valence-electron chi connectivity index (χ4n) is 3.79. The first-order valence-electron chi connectivity index (χ1n) is 11.3. The van der Waals surface area contributed by atoms with E-state index in [4.69, 9.17) is 5.73 Å². The smallest absolute Gasteiger partial charge is 0.0515 e. The lowest BCUT2D eigenvalue weighted by atomic mass is 9.80. The molecule has 0 aliphatic carbocycles. The lowest BCUT2D eigenvalue weighted by Crippen LogP contribution is -2.42. The minimum Gasteiger partial charge on any atom is -0.393 e. The molecule has 0 fully saturated rings. The zero-order chi connectivity index (χ0) is 19.0. The van der Waals surface area contributed by atoms with Gasteiger partial charge in [-0.05, 0) is 39.5 Å². The van der Waals surface area contributed by atoms with Crippen LogP contribution in [0.3, 0.4) is 0 Å². The van der Waals surface area contributed by atoms with Gasteiger partial charge in [0.2, 0.25) is 0 Å². The van der Waals surface area contributed by atoms with Crippen LogP contribution in [0.4, 0.5) is 0 Å². The molecule has 2 unspecified atom stereocenters. The number of halogens is 1. The van der Waals surface area contributed by atoms with Crippen LogP contribution in [0.25, 0.3) is 0 Å². The summed E-state index contributed by atoms with van der Waals surface area (Å²) >= 11 is 0. The van der Waals surface area contributed by atoms with E-state index in [1.165, 1.54) is 89.9 Å². The van der Waals surface area contributed by atoms with E-state index in [0.29, 0.717) is 5.92 Å². The van der Waals surface area contributed by atoms with Crippen LogP contribution >= 0.6 is 12.4 Å². The second kappa shape index (κ2) is 18.6. The fourth-order valence-corrected chi connectivity index (χ4v) is 3.79. The molecule has 2 atom stereocenters. The zero-order valence-corrected chi connectivity index (χ0v) is 19.2. The summed E-state index contributed by atoms with van der Waals surface area (Å²) in [6.45, 7) is 8.37. The Labute approximate surface area is 171 Å². The average molecular weight is 392 g/mol. The number of rotatable bonds is 18. The molecule has 0 aromatic carbocycles. The van der Waals surface area contributed by atoms with Gasteiger partial charge in [-0.1, -0.05) is 96.8 Å². The summed E-state index contributed by atoms with van der Waals surface area (Å²) < 4.78 is 0. The molecule has 0 saturated heterocycles. The second-order valence-corrected chi connectivity index (χ2v) is 8.99. The first-order valence-corrected chi connectivity index (χ1v) is 11.3. The quantitative estimate of drug-likeness (QED) is 0.239. The van der Waals surface area contributed by atoms with E-state index in [1.54, 1.807) is 0 Å². The van der Waals surface area contributed by atoms with Gasteiger partial charge in [-0.15, -0.1) is 12.4 Å². The van der Waals surface area contributed by atoms with Crippen LogP contribution in [0.15, 0.2) is 0 Å². The van der Waals surface area contributed by atoms with Gasteiger partial charge in [-0.3, -0.25) is 0 Å². The predicted molar refractivity (Wildman–Crippen MR) is 120 cm³/mol. The van der Waals surface area contributed by atoms with E-state index in [2.05, 4.69) is 20.8 Å². The van der Waals surface area contributed by atoms with Crippen molar-refractivity contribution in [3.63, 3.8) is 0 Å². The Morgan fingerprint density at radius 2 is 1.08 bits per heavy atom. The Bertz CT molecular complexity index is 276. The van der Waals surface area contributed by atoms with Gasteiger partial charge < -0.3 is 10.8 Å². The van der Waals surface area contributed by atoms with Gasteiger partial charge in [-0.25, -0.2) is 0 Å². The van der Waals surface area contributed by atoms with E-state index in [1.807, 2.05) is 6.92 Å². The predicted octanol–water partition coefficient (Wildman–Crippen LogP) is 7.40. The van der Waals surface area contributed by atoms with Crippen molar-refractivity contribution in [1.29, 1.82) is 0 Å². The summed E-state index contributed by atoms with van der Waals surface area (Å²) in [7, 11) is 0. The lowest BCUT2D eigenvalue weighted by molar-refractivity contribution is 0.131. The largest absolute Gasteiger partial charge is 0.393 e. The Kier molecular flexibility index (Phi) is 20.3. The number of hydrogen-bond donors (Lipinski definition) is 2. The van der Waals surface area contributed by atoms with Gasteiger partial charge in [0.05, 0.1) is 6.10 Å². The maximum absolute atomic E-state index is 9.65. The molecule has 0 spiro atoms. The van der Waals surface area contributed by atoms with Crippen LogP contribution < -0.4 is 5.73 Å². The van der Waals surface area contributed by atoms with E-state index in [-0.39, 0.29) is 24.0 Å². The highest BCUT2D eigenvalue weighted by atomic mass is 35.5. The van der Waals surface area contributed by atoms with E-state index >= 15 is 0 Å². The Morgan fingerprint density at radius 1 is 0.731 bits per heavy atom. The van der Waals surface area contributed by atoms with Gasteiger partial charge in [0.1, 0.15) is 0 Å². The number of aliphatic hydroxyl groups is 1. The minimum absolute atomic E-state index is 0. The number of hydrogen-bond acceptors (Lipinski definition) is 2. The molecule has 26 heavy (non-hydrogen) atoms. The molecule has 0 amide bonds. The monoisotopic (exact) mass is 391 g/mol. The first-order chi connectivity index (χ1) is 11.9. The maximum atomic E-state index is 9.65. The van der Waals surface area contributed by atoms with Crippen molar-refractivity contribution in [1.82, 2.24) is 0 Å². The SMILES string of the molecule is CCCCCCCCCCCCCCCCC(CC(C)O)C(C)(C)N.Cl. The number of aliphatic hydroxyl groups excluding tert-OH is 1. The summed E-state index contributed by atoms with van der Waals surface area (Å²) in [5, 5.41) is 9.65. The van der Waals surface area contributed by atoms with E-state index in [0.717, 1.165) is 12.8 Å². The van der Waals surface area contributed by atoms with Crippen molar-refractivity contribution < 1.29 is 5.11 Å². The third-order valence-electron chi connectivity index (χ3n) is 5.58. The third-order valence-corrected chi connectivity index (χ3v) is 5.58. The lowest BCUT2D eigenvalue weighted by Gasteiger charge is -2.31. The van der Waals surface area contributed by atoms with Gasteiger partial charge >= 0.3 is 0 Å². The van der Waals surface area contributed by atoms with Crippen molar-refractivity contribution in [2.75, 3.05) is 0 Å². The Balaban J connectivity index is 0. The third kappa shape index (κ3) is 19.0. The summed E-state index contributed by atoms with van der Waals surface area (Å²) in [6, 6.07) is 0. The molecule has 3 N–H and O–H groups in total. The summed E-state index contributed by atoms with van der Waals surface area (Å²) in [6.07, 6.45) is 21.4. The molecule has 0 heterocycles. The molecule has 0 aromatic rings. The van der Waals surface area contributed by atoms with Gasteiger partial charge in [-0.2, -0.15) is 0 Å². The summed E-state index contributed by atoms with van der Waals surface area (Å²) in [5.41, 5.74) is 6.10. The maximum Gasteiger partial charge on any atom is 0.0515 e. The van der Waals surface area contributed by atoms with Crippen LogP contribution in [0.1, 0.15) is 130 Å². The van der Waals surface area contributed by atoms with Crippen LogP contribution in [0.5, 0.6) is 0 Å². The number of unbranched alkanes of at least 4 members (excludes halogenated alkanes) is 13. The normalized spacial score (nSPS) is 14.1. The molecular weight excluding hydrogens is 342 g/mol. The first kappa shape index (κ1) is 28.4. The molecule has 0 saturated carbocycles. The van der Waals surface area contributed by atoms with Crippen molar-refractivity contribution in [2.45, 2.75) is 142 Å². The van der Waals surface area contributed by atoms with E-state index in [9.17, 15) is 5.11 Å². The molecule has 0 radical (unpaired) electrons. The van der Waals surface area contributed by atoms with Gasteiger partial charge in [0.15, 0.2) is 0 Å². The second-order valence-electron chi connectivity index (χ2n) is 8.99.